The molecule has 0 radical (unpaired) electrons. The lowest BCUT2D eigenvalue weighted by Crippen LogP contribution is -2.26. The fourth-order valence-corrected chi connectivity index (χ4v) is 1.77. The summed E-state index contributed by atoms with van der Waals surface area (Å²) in [5.74, 6) is 0. The van der Waals surface area contributed by atoms with Gasteiger partial charge in [0, 0.05) is 23.9 Å². The van der Waals surface area contributed by atoms with E-state index in [1.54, 1.807) is 43.1 Å². The zero-order chi connectivity index (χ0) is 14.0. The highest BCUT2D eigenvalue weighted by Crippen LogP contribution is 2.22. The van der Waals surface area contributed by atoms with Crippen LogP contribution in [0.2, 0.25) is 0 Å². The molecule has 0 aliphatic rings. The number of aliphatic hydroxyl groups is 1. The number of nitro groups is 1. The number of nitro benzene ring substituents is 1. The first-order valence-corrected chi connectivity index (χ1v) is 5.85. The van der Waals surface area contributed by atoms with Crippen LogP contribution in [0.25, 0.3) is 11.1 Å². The molecule has 2 rings (SSSR count). The Morgan fingerprint density at radius 1 is 1.32 bits per heavy atom. The third-order valence-electron chi connectivity index (χ3n) is 2.59. The lowest BCUT2D eigenvalue weighted by molar-refractivity contribution is -0.384. The van der Waals surface area contributed by atoms with Gasteiger partial charge in [0.05, 0.1) is 23.3 Å². The summed E-state index contributed by atoms with van der Waals surface area (Å²) < 4.78 is 1.65. The number of aromatic nitrogens is 2. The van der Waals surface area contributed by atoms with Crippen LogP contribution in [0.15, 0.2) is 36.7 Å². The zero-order valence-electron chi connectivity index (χ0n) is 10.8. The van der Waals surface area contributed by atoms with Crippen LogP contribution in [0, 0.1) is 10.1 Å². The van der Waals surface area contributed by atoms with Gasteiger partial charge in [-0.25, -0.2) is 0 Å². The molecule has 0 fully saturated rings. The van der Waals surface area contributed by atoms with Gasteiger partial charge in [-0.15, -0.1) is 0 Å². The third-order valence-corrected chi connectivity index (χ3v) is 2.59. The van der Waals surface area contributed by atoms with E-state index in [-0.39, 0.29) is 5.69 Å². The Labute approximate surface area is 110 Å². The van der Waals surface area contributed by atoms with Crippen LogP contribution >= 0.6 is 0 Å². The van der Waals surface area contributed by atoms with Gasteiger partial charge in [-0.2, -0.15) is 5.10 Å². The van der Waals surface area contributed by atoms with Crippen LogP contribution < -0.4 is 0 Å². The molecule has 1 N–H and O–H groups in total. The second-order valence-electron chi connectivity index (χ2n) is 5.04. The second-order valence-corrected chi connectivity index (χ2v) is 5.04. The maximum Gasteiger partial charge on any atom is 0.269 e. The van der Waals surface area contributed by atoms with Crippen LogP contribution in [-0.4, -0.2) is 25.4 Å². The SMILES string of the molecule is CC(C)(O)Cn1cc(-c2ccc([N+](=O)[O-])cc2)cn1. The Hall–Kier alpha value is -2.21. The summed E-state index contributed by atoms with van der Waals surface area (Å²) in [6.07, 6.45) is 3.48. The van der Waals surface area contributed by atoms with E-state index in [0.717, 1.165) is 11.1 Å². The van der Waals surface area contributed by atoms with Gasteiger partial charge in [0.25, 0.3) is 5.69 Å². The molecular formula is C13H15N3O3. The summed E-state index contributed by atoms with van der Waals surface area (Å²) in [7, 11) is 0. The Bertz CT molecular complexity index is 582. The van der Waals surface area contributed by atoms with Crippen molar-refractivity contribution < 1.29 is 10.0 Å². The van der Waals surface area contributed by atoms with Gasteiger partial charge in [0.2, 0.25) is 0 Å². The van der Waals surface area contributed by atoms with Crippen LogP contribution in [-0.2, 0) is 6.54 Å². The minimum atomic E-state index is -0.835. The van der Waals surface area contributed by atoms with Crippen molar-refractivity contribution in [2.75, 3.05) is 0 Å². The Morgan fingerprint density at radius 3 is 2.47 bits per heavy atom. The average molecular weight is 261 g/mol. The lowest BCUT2D eigenvalue weighted by atomic mass is 10.1. The number of hydrogen-bond acceptors (Lipinski definition) is 4. The summed E-state index contributed by atoms with van der Waals surface area (Å²) in [6.45, 7) is 3.81. The molecular weight excluding hydrogens is 246 g/mol. The third kappa shape index (κ3) is 3.38. The molecule has 0 saturated heterocycles. The molecule has 1 aromatic heterocycles. The molecule has 0 atom stereocenters. The molecule has 1 heterocycles. The van der Waals surface area contributed by atoms with Crippen LogP contribution in [0.4, 0.5) is 5.69 Å². The largest absolute Gasteiger partial charge is 0.389 e. The fourth-order valence-electron chi connectivity index (χ4n) is 1.77. The highest BCUT2D eigenvalue weighted by Gasteiger charge is 2.14. The summed E-state index contributed by atoms with van der Waals surface area (Å²) in [4.78, 5) is 10.1. The summed E-state index contributed by atoms with van der Waals surface area (Å²) in [5.41, 5.74) is 0.943. The summed E-state index contributed by atoms with van der Waals surface area (Å²) in [6, 6.07) is 6.29. The molecule has 0 aliphatic carbocycles. The smallest absolute Gasteiger partial charge is 0.269 e. The molecule has 2 aromatic rings. The predicted molar refractivity (Wildman–Crippen MR) is 70.6 cm³/mol. The van der Waals surface area contributed by atoms with Crippen molar-refractivity contribution in [1.29, 1.82) is 0 Å². The minimum Gasteiger partial charge on any atom is -0.389 e. The Morgan fingerprint density at radius 2 is 1.95 bits per heavy atom. The van der Waals surface area contributed by atoms with Crippen molar-refractivity contribution >= 4 is 5.69 Å². The Balaban J connectivity index is 2.20. The van der Waals surface area contributed by atoms with Gasteiger partial charge in [0.1, 0.15) is 0 Å². The Kier molecular flexibility index (Phi) is 3.35. The highest BCUT2D eigenvalue weighted by molar-refractivity contribution is 5.63. The maximum absolute atomic E-state index is 10.6. The topological polar surface area (TPSA) is 81.2 Å². The van der Waals surface area contributed by atoms with Gasteiger partial charge < -0.3 is 5.11 Å². The standard InChI is InChI=1S/C13H15N3O3/c1-13(2,17)9-15-8-11(7-14-15)10-3-5-12(6-4-10)16(18)19/h3-8,17H,9H2,1-2H3. The van der Waals surface area contributed by atoms with Gasteiger partial charge in [-0.1, -0.05) is 0 Å². The number of rotatable bonds is 4. The molecule has 1 aromatic carbocycles. The lowest BCUT2D eigenvalue weighted by Gasteiger charge is -2.16. The van der Waals surface area contributed by atoms with Crippen LogP contribution in [0.1, 0.15) is 13.8 Å². The molecule has 0 aliphatic heterocycles. The molecule has 0 spiro atoms. The van der Waals surface area contributed by atoms with Crippen LogP contribution in [0.5, 0.6) is 0 Å². The van der Waals surface area contributed by atoms with Crippen molar-refractivity contribution in [3.63, 3.8) is 0 Å². The quantitative estimate of drug-likeness (QED) is 0.676. The van der Waals surface area contributed by atoms with E-state index in [1.807, 2.05) is 0 Å². The van der Waals surface area contributed by atoms with E-state index >= 15 is 0 Å². The van der Waals surface area contributed by atoms with E-state index in [0.29, 0.717) is 6.54 Å². The van der Waals surface area contributed by atoms with Crippen molar-refractivity contribution in [2.45, 2.75) is 26.0 Å². The first-order chi connectivity index (χ1) is 8.85. The monoisotopic (exact) mass is 261 g/mol. The molecule has 0 bridgehead atoms. The maximum atomic E-state index is 10.6. The molecule has 19 heavy (non-hydrogen) atoms. The van der Waals surface area contributed by atoms with E-state index in [4.69, 9.17) is 0 Å². The fraction of sp³-hybridized carbons (Fsp3) is 0.308. The molecule has 6 nitrogen and oxygen atoms in total. The van der Waals surface area contributed by atoms with E-state index in [1.165, 1.54) is 12.1 Å². The average Bonchev–Trinajstić information content (AvgIpc) is 2.75. The van der Waals surface area contributed by atoms with E-state index in [9.17, 15) is 15.2 Å². The van der Waals surface area contributed by atoms with Crippen LogP contribution in [0.3, 0.4) is 0 Å². The van der Waals surface area contributed by atoms with Crippen molar-refractivity contribution in [3.8, 4) is 11.1 Å². The van der Waals surface area contributed by atoms with E-state index in [2.05, 4.69) is 5.10 Å². The molecule has 100 valence electrons. The highest BCUT2D eigenvalue weighted by atomic mass is 16.6. The number of hydrogen-bond donors (Lipinski definition) is 1. The van der Waals surface area contributed by atoms with Gasteiger partial charge in [0.15, 0.2) is 0 Å². The number of benzene rings is 1. The summed E-state index contributed by atoms with van der Waals surface area (Å²) in [5, 5.41) is 24.4. The molecule has 0 amide bonds. The predicted octanol–water partition coefficient (Wildman–Crippen LogP) is 2.23. The summed E-state index contributed by atoms with van der Waals surface area (Å²) >= 11 is 0. The van der Waals surface area contributed by atoms with Crippen molar-refractivity contribution in [3.05, 3.63) is 46.8 Å². The minimum absolute atomic E-state index is 0.0626. The van der Waals surface area contributed by atoms with Gasteiger partial charge >= 0.3 is 0 Å². The molecule has 6 heteroatoms. The zero-order valence-corrected chi connectivity index (χ0v) is 10.8. The molecule has 0 saturated carbocycles. The first kappa shape index (κ1) is 13.2. The van der Waals surface area contributed by atoms with Gasteiger partial charge in [-0.3, -0.25) is 14.8 Å². The normalized spacial score (nSPS) is 11.5. The van der Waals surface area contributed by atoms with Crippen molar-refractivity contribution in [1.82, 2.24) is 9.78 Å². The first-order valence-electron chi connectivity index (χ1n) is 5.85. The van der Waals surface area contributed by atoms with Gasteiger partial charge in [-0.05, 0) is 31.5 Å². The second kappa shape index (κ2) is 4.81. The number of nitrogens with zero attached hydrogens (tertiary/aromatic N) is 3. The number of non-ortho nitro benzene ring substituents is 1. The molecule has 0 unspecified atom stereocenters. The van der Waals surface area contributed by atoms with E-state index < -0.39 is 10.5 Å². The van der Waals surface area contributed by atoms with Crippen molar-refractivity contribution in [2.24, 2.45) is 0 Å².